The lowest BCUT2D eigenvalue weighted by Crippen LogP contribution is -2.34. The van der Waals surface area contributed by atoms with Crippen molar-refractivity contribution in [3.8, 4) is 0 Å². The van der Waals surface area contributed by atoms with Crippen molar-refractivity contribution in [1.29, 1.82) is 0 Å². The first kappa shape index (κ1) is 16.3. The summed E-state index contributed by atoms with van der Waals surface area (Å²) < 4.78 is 1.73. The normalized spacial score (nSPS) is 14.7. The van der Waals surface area contributed by atoms with Crippen LogP contribution in [0, 0.1) is 18.3 Å². The van der Waals surface area contributed by atoms with Crippen LogP contribution in [0.4, 0.5) is 0 Å². The molecule has 0 aromatic carbocycles. The maximum Gasteiger partial charge on any atom is 0.130 e. The van der Waals surface area contributed by atoms with E-state index in [0.29, 0.717) is 5.92 Å². The summed E-state index contributed by atoms with van der Waals surface area (Å²) >= 11 is 6.31. The molecule has 1 rings (SSSR count). The summed E-state index contributed by atoms with van der Waals surface area (Å²) in [5.41, 5.74) is 2.12. The standard InChI is InChI=1S/C15H26ClN3/c1-7-15(5,10-17-9-11(2)3)8-13-12(4)18-19(6)14(13)16/h7,11,17H,1,8-10H2,2-6H3. The van der Waals surface area contributed by atoms with Crippen molar-refractivity contribution in [3.63, 3.8) is 0 Å². The lowest BCUT2D eigenvalue weighted by molar-refractivity contribution is 0.377. The molecule has 19 heavy (non-hydrogen) atoms. The molecule has 1 aromatic rings. The van der Waals surface area contributed by atoms with Crippen LogP contribution in [0.25, 0.3) is 0 Å². The second-order valence-electron chi connectivity index (χ2n) is 6.04. The van der Waals surface area contributed by atoms with Crippen molar-refractivity contribution in [2.24, 2.45) is 18.4 Å². The Bertz CT molecular complexity index is 437. The Morgan fingerprint density at radius 3 is 2.58 bits per heavy atom. The van der Waals surface area contributed by atoms with Crippen molar-refractivity contribution < 1.29 is 0 Å². The largest absolute Gasteiger partial charge is 0.316 e. The van der Waals surface area contributed by atoms with E-state index < -0.39 is 0 Å². The minimum absolute atomic E-state index is 0.00762. The Morgan fingerprint density at radius 1 is 1.53 bits per heavy atom. The monoisotopic (exact) mass is 283 g/mol. The number of hydrogen-bond acceptors (Lipinski definition) is 2. The molecule has 0 amide bonds. The third kappa shape index (κ3) is 4.36. The van der Waals surface area contributed by atoms with Crippen LogP contribution in [0.3, 0.4) is 0 Å². The molecule has 1 unspecified atom stereocenters. The van der Waals surface area contributed by atoms with Crippen LogP contribution in [0.2, 0.25) is 5.15 Å². The van der Waals surface area contributed by atoms with Gasteiger partial charge in [0.1, 0.15) is 5.15 Å². The molecule has 0 bridgehead atoms. The molecule has 0 radical (unpaired) electrons. The molecule has 1 aromatic heterocycles. The molecular formula is C15H26ClN3. The second kappa shape index (κ2) is 6.58. The van der Waals surface area contributed by atoms with E-state index in [1.54, 1.807) is 4.68 Å². The smallest absolute Gasteiger partial charge is 0.130 e. The molecule has 0 aliphatic carbocycles. The molecule has 4 heteroatoms. The Hall–Kier alpha value is -0.800. The molecule has 1 heterocycles. The number of hydrogen-bond donors (Lipinski definition) is 1. The number of aryl methyl sites for hydroxylation is 2. The van der Waals surface area contributed by atoms with E-state index >= 15 is 0 Å². The van der Waals surface area contributed by atoms with Crippen molar-refractivity contribution in [1.82, 2.24) is 15.1 Å². The molecule has 108 valence electrons. The third-order valence-corrected chi connectivity index (χ3v) is 3.90. The van der Waals surface area contributed by atoms with E-state index in [9.17, 15) is 0 Å². The quantitative estimate of drug-likeness (QED) is 0.778. The Kier molecular flexibility index (Phi) is 5.63. The first-order valence-corrected chi connectivity index (χ1v) is 7.19. The molecular weight excluding hydrogens is 258 g/mol. The fourth-order valence-corrected chi connectivity index (χ4v) is 2.37. The lowest BCUT2D eigenvalue weighted by Gasteiger charge is -2.27. The van der Waals surface area contributed by atoms with Crippen molar-refractivity contribution >= 4 is 11.6 Å². The van der Waals surface area contributed by atoms with Crippen LogP contribution < -0.4 is 5.32 Å². The maximum atomic E-state index is 6.31. The zero-order valence-electron chi connectivity index (χ0n) is 12.8. The van der Waals surface area contributed by atoms with Crippen LogP contribution in [0.1, 0.15) is 32.0 Å². The molecule has 0 spiro atoms. The van der Waals surface area contributed by atoms with Crippen LogP contribution in [-0.2, 0) is 13.5 Å². The third-order valence-electron chi connectivity index (χ3n) is 3.42. The highest BCUT2D eigenvalue weighted by atomic mass is 35.5. The summed E-state index contributed by atoms with van der Waals surface area (Å²) in [5, 5.41) is 8.60. The van der Waals surface area contributed by atoms with Gasteiger partial charge in [0, 0.05) is 24.6 Å². The van der Waals surface area contributed by atoms with Crippen LogP contribution in [-0.4, -0.2) is 22.9 Å². The highest BCUT2D eigenvalue weighted by Crippen LogP contribution is 2.29. The van der Waals surface area contributed by atoms with Gasteiger partial charge in [-0.2, -0.15) is 5.10 Å². The Morgan fingerprint density at radius 2 is 2.16 bits per heavy atom. The zero-order valence-corrected chi connectivity index (χ0v) is 13.5. The number of aromatic nitrogens is 2. The van der Waals surface area contributed by atoms with Crippen LogP contribution >= 0.6 is 11.6 Å². The van der Waals surface area contributed by atoms with Crippen molar-refractivity contribution in [3.05, 3.63) is 29.1 Å². The summed E-state index contributed by atoms with van der Waals surface area (Å²) in [5.74, 6) is 0.651. The van der Waals surface area contributed by atoms with Gasteiger partial charge in [-0.3, -0.25) is 4.68 Å². The van der Waals surface area contributed by atoms with Crippen molar-refractivity contribution in [2.45, 2.75) is 34.1 Å². The van der Waals surface area contributed by atoms with Crippen LogP contribution in [0.15, 0.2) is 12.7 Å². The van der Waals surface area contributed by atoms with Gasteiger partial charge in [0.05, 0.1) is 5.69 Å². The zero-order chi connectivity index (χ0) is 14.6. The highest BCUT2D eigenvalue weighted by Gasteiger charge is 2.24. The van der Waals surface area contributed by atoms with E-state index in [0.717, 1.165) is 35.9 Å². The van der Waals surface area contributed by atoms with Gasteiger partial charge in [0.25, 0.3) is 0 Å². The predicted molar refractivity (Wildman–Crippen MR) is 82.7 cm³/mol. The predicted octanol–water partition coefficient (Wildman–Crippen LogP) is 3.36. The fraction of sp³-hybridized carbons (Fsp3) is 0.667. The van der Waals surface area contributed by atoms with Crippen molar-refractivity contribution in [2.75, 3.05) is 13.1 Å². The van der Waals surface area contributed by atoms with E-state index in [4.69, 9.17) is 11.6 Å². The first-order valence-electron chi connectivity index (χ1n) is 6.81. The average molecular weight is 284 g/mol. The Labute approximate surface area is 122 Å². The van der Waals surface area contributed by atoms with Gasteiger partial charge in [-0.15, -0.1) is 6.58 Å². The van der Waals surface area contributed by atoms with E-state index in [2.05, 4.69) is 37.8 Å². The van der Waals surface area contributed by atoms with E-state index in [-0.39, 0.29) is 5.41 Å². The second-order valence-corrected chi connectivity index (χ2v) is 6.40. The molecule has 3 nitrogen and oxygen atoms in total. The fourth-order valence-electron chi connectivity index (χ4n) is 2.13. The molecule has 0 saturated carbocycles. The number of rotatable bonds is 7. The first-order chi connectivity index (χ1) is 8.79. The van der Waals surface area contributed by atoms with Gasteiger partial charge in [-0.1, -0.05) is 38.4 Å². The highest BCUT2D eigenvalue weighted by molar-refractivity contribution is 6.30. The molecule has 1 N–H and O–H groups in total. The minimum Gasteiger partial charge on any atom is -0.316 e. The summed E-state index contributed by atoms with van der Waals surface area (Å²) in [6.07, 6.45) is 2.88. The number of nitrogens with zero attached hydrogens (tertiary/aromatic N) is 2. The SMILES string of the molecule is C=CC(C)(CNCC(C)C)Cc1c(C)nn(C)c1Cl. The summed E-state index contributed by atoms with van der Waals surface area (Å²) in [4.78, 5) is 0. The molecule has 1 atom stereocenters. The summed E-state index contributed by atoms with van der Waals surface area (Å²) in [6.45, 7) is 14.5. The average Bonchev–Trinajstić information content (AvgIpc) is 2.55. The van der Waals surface area contributed by atoms with Crippen LogP contribution in [0.5, 0.6) is 0 Å². The molecule has 0 fully saturated rings. The number of nitrogens with one attached hydrogen (secondary N) is 1. The topological polar surface area (TPSA) is 29.9 Å². The number of halogens is 1. The summed E-state index contributed by atoms with van der Waals surface area (Å²) in [6, 6.07) is 0. The minimum atomic E-state index is -0.00762. The van der Waals surface area contributed by atoms with E-state index in [1.165, 1.54) is 0 Å². The van der Waals surface area contributed by atoms with Gasteiger partial charge in [0.2, 0.25) is 0 Å². The van der Waals surface area contributed by atoms with Gasteiger partial charge < -0.3 is 5.32 Å². The van der Waals surface area contributed by atoms with E-state index in [1.807, 2.05) is 20.0 Å². The molecule has 0 aliphatic rings. The lowest BCUT2D eigenvalue weighted by atomic mass is 9.83. The van der Waals surface area contributed by atoms with Gasteiger partial charge >= 0.3 is 0 Å². The Balaban J connectivity index is 2.77. The van der Waals surface area contributed by atoms with Gasteiger partial charge in [-0.05, 0) is 25.8 Å². The van der Waals surface area contributed by atoms with Gasteiger partial charge in [0.15, 0.2) is 0 Å². The molecule has 0 aliphatic heterocycles. The molecule has 0 saturated heterocycles. The van der Waals surface area contributed by atoms with Gasteiger partial charge in [-0.25, -0.2) is 0 Å². The maximum absolute atomic E-state index is 6.31. The summed E-state index contributed by atoms with van der Waals surface area (Å²) in [7, 11) is 1.88.